The van der Waals surface area contributed by atoms with E-state index in [4.69, 9.17) is 10.5 Å². The van der Waals surface area contributed by atoms with E-state index in [0.29, 0.717) is 5.56 Å². The number of nitrogens with two attached hydrogens (primary N) is 1. The average Bonchev–Trinajstić information content (AvgIpc) is 3.07. The summed E-state index contributed by atoms with van der Waals surface area (Å²) in [4.78, 5) is 29.0. The predicted octanol–water partition coefficient (Wildman–Crippen LogP) is 2.53. The molecule has 2 heterocycles. The van der Waals surface area contributed by atoms with E-state index >= 15 is 0 Å². The summed E-state index contributed by atoms with van der Waals surface area (Å²) < 4.78 is 74.8. The second-order valence-corrected chi connectivity index (χ2v) is 7.55. The summed E-state index contributed by atoms with van der Waals surface area (Å²) in [5.74, 6) is -4.87. The van der Waals surface area contributed by atoms with Gasteiger partial charge in [-0.1, -0.05) is 12.1 Å². The molecule has 3 N–H and O–H groups in total. The Balaban J connectivity index is 1.60. The molecule has 13 heteroatoms. The molecule has 0 spiro atoms. The number of hydrogen-bond donors (Lipinski definition) is 2. The lowest BCUT2D eigenvalue weighted by Gasteiger charge is -2.18. The number of alkyl halides is 5. The highest BCUT2D eigenvalue weighted by atomic mass is 19.4. The smallest absolute Gasteiger partial charge is 0.406 e. The van der Waals surface area contributed by atoms with Crippen molar-refractivity contribution in [3.8, 4) is 5.75 Å². The molecule has 1 fully saturated rings. The average molecular weight is 488 g/mol. The first-order valence-electron chi connectivity index (χ1n) is 9.96. The van der Waals surface area contributed by atoms with Crippen molar-refractivity contribution in [2.75, 3.05) is 25.9 Å². The molecule has 34 heavy (non-hydrogen) atoms. The van der Waals surface area contributed by atoms with E-state index in [-0.39, 0.29) is 30.0 Å². The number of nitrogens with zero attached hydrogens (tertiary/aromatic N) is 2. The minimum Gasteiger partial charge on any atom is -0.406 e. The molecule has 0 unspecified atom stereocenters. The number of carbonyl (C=O) groups excluding carboxylic acids is 2. The summed E-state index contributed by atoms with van der Waals surface area (Å²) in [6.45, 7) is -1.63. The molecule has 1 aromatic heterocycles. The number of carbonyl (C=O) groups is 2. The zero-order valence-electron chi connectivity index (χ0n) is 17.9. The SMILES string of the molecule is CNC(=O)c1cnc(N)c(CO[C@@H]2CN(C(=O)Cc3ccc(OC(F)(F)F)cc3)CC2(F)F)c1. The van der Waals surface area contributed by atoms with Crippen LogP contribution in [-0.2, 0) is 22.6 Å². The van der Waals surface area contributed by atoms with Crippen molar-refractivity contribution < 1.29 is 41.0 Å². The summed E-state index contributed by atoms with van der Waals surface area (Å²) in [7, 11) is 1.42. The molecule has 1 aliphatic heterocycles. The van der Waals surface area contributed by atoms with Crippen molar-refractivity contribution in [2.45, 2.75) is 31.4 Å². The van der Waals surface area contributed by atoms with Crippen LogP contribution in [0.2, 0.25) is 0 Å². The molecule has 1 aliphatic rings. The number of benzene rings is 1. The third-order valence-electron chi connectivity index (χ3n) is 5.05. The standard InChI is InChI=1S/C21H21F5N4O4/c1-28-19(32)13-7-14(18(27)29-8-13)10-33-16-9-30(11-20(16,22)23)17(31)6-12-2-4-15(5-3-12)34-21(24,25)26/h2-5,7-8,16H,6,9-11H2,1H3,(H2,27,29)(H,28,32)/t16-/m1/s1. The lowest BCUT2D eigenvalue weighted by molar-refractivity contribution is -0.274. The van der Waals surface area contributed by atoms with Gasteiger partial charge in [0, 0.05) is 18.8 Å². The van der Waals surface area contributed by atoms with Crippen LogP contribution in [0.4, 0.5) is 27.8 Å². The summed E-state index contributed by atoms with van der Waals surface area (Å²) >= 11 is 0. The van der Waals surface area contributed by atoms with Crippen LogP contribution in [0.25, 0.3) is 0 Å². The number of rotatable bonds is 7. The van der Waals surface area contributed by atoms with Crippen LogP contribution in [0.5, 0.6) is 5.75 Å². The topological polar surface area (TPSA) is 107 Å². The van der Waals surface area contributed by atoms with Crippen LogP contribution >= 0.6 is 0 Å². The number of halogens is 5. The van der Waals surface area contributed by atoms with Gasteiger partial charge in [-0.3, -0.25) is 9.59 Å². The zero-order valence-corrected chi connectivity index (χ0v) is 17.9. The second-order valence-electron chi connectivity index (χ2n) is 7.55. The fraction of sp³-hybridized carbons (Fsp3) is 0.381. The Hall–Kier alpha value is -3.48. The lowest BCUT2D eigenvalue weighted by atomic mass is 10.1. The van der Waals surface area contributed by atoms with Crippen molar-refractivity contribution in [2.24, 2.45) is 0 Å². The molecule has 1 aromatic carbocycles. The van der Waals surface area contributed by atoms with E-state index < -0.39 is 49.0 Å². The van der Waals surface area contributed by atoms with Gasteiger partial charge in [-0.15, -0.1) is 13.2 Å². The third-order valence-corrected chi connectivity index (χ3v) is 5.05. The Morgan fingerprint density at radius 2 is 1.94 bits per heavy atom. The molecule has 2 amide bonds. The first-order valence-corrected chi connectivity index (χ1v) is 9.96. The van der Waals surface area contributed by atoms with Gasteiger partial charge in [-0.2, -0.15) is 0 Å². The van der Waals surface area contributed by atoms with Gasteiger partial charge in [-0.25, -0.2) is 13.8 Å². The molecule has 0 aliphatic carbocycles. The zero-order chi connectivity index (χ0) is 25.1. The van der Waals surface area contributed by atoms with Gasteiger partial charge in [0.05, 0.1) is 31.7 Å². The van der Waals surface area contributed by atoms with Crippen LogP contribution < -0.4 is 15.8 Å². The number of pyridine rings is 1. The van der Waals surface area contributed by atoms with E-state index in [9.17, 15) is 31.5 Å². The quantitative estimate of drug-likeness (QED) is 0.581. The fourth-order valence-electron chi connectivity index (χ4n) is 3.31. The van der Waals surface area contributed by atoms with Crippen molar-refractivity contribution in [1.82, 2.24) is 15.2 Å². The molecule has 1 saturated heterocycles. The second kappa shape index (κ2) is 9.79. The van der Waals surface area contributed by atoms with E-state index in [2.05, 4.69) is 15.0 Å². The molecule has 0 saturated carbocycles. The van der Waals surface area contributed by atoms with Gasteiger partial charge in [0.15, 0.2) is 0 Å². The minimum absolute atomic E-state index is 0.0137. The van der Waals surface area contributed by atoms with Crippen LogP contribution in [0.1, 0.15) is 21.5 Å². The van der Waals surface area contributed by atoms with Crippen LogP contribution in [0, 0.1) is 0 Å². The van der Waals surface area contributed by atoms with Gasteiger partial charge in [-0.05, 0) is 23.8 Å². The summed E-state index contributed by atoms with van der Waals surface area (Å²) in [6, 6.07) is 5.94. The maximum absolute atomic E-state index is 14.5. The van der Waals surface area contributed by atoms with Gasteiger partial charge < -0.3 is 25.4 Å². The van der Waals surface area contributed by atoms with Gasteiger partial charge >= 0.3 is 6.36 Å². The third kappa shape index (κ3) is 6.31. The van der Waals surface area contributed by atoms with Gasteiger partial charge in [0.1, 0.15) is 17.7 Å². The number of hydrogen-bond acceptors (Lipinski definition) is 6. The molecule has 0 radical (unpaired) electrons. The summed E-state index contributed by atoms with van der Waals surface area (Å²) in [5, 5.41) is 2.41. The Morgan fingerprint density at radius 3 is 2.56 bits per heavy atom. The number of aromatic nitrogens is 1. The Kier molecular flexibility index (Phi) is 7.24. The monoisotopic (exact) mass is 488 g/mol. The van der Waals surface area contributed by atoms with Crippen molar-refractivity contribution in [3.05, 3.63) is 53.2 Å². The highest BCUT2D eigenvalue weighted by Crippen LogP contribution is 2.32. The number of amides is 2. The molecule has 8 nitrogen and oxygen atoms in total. The van der Waals surface area contributed by atoms with Crippen LogP contribution in [-0.4, -0.2) is 60.2 Å². The van der Waals surface area contributed by atoms with E-state index in [0.717, 1.165) is 17.0 Å². The molecule has 3 rings (SSSR count). The van der Waals surface area contributed by atoms with Gasteiger partial charge in [0.25, 0.3) is 11.8 Å². The largest absolute Gasteiger partial charge is 0.573 e. The fourth-order valence-corrected chi connectivity index (χ4v) is 3.31. The number of nitrogens with one attached hydrogen (secondary N) is 1. The summed E-state index contributed by atoms with van der Waals surface area (Å²) in [5.41, 5.74) is 6.49. The number of ether oxygens (including phenoxy) is 2. The van der Waals surface area contributed by atoms with Crippen LogP contribution in [0.3, 0.4) is 0 Å². The number of anilines is 1. The maximum Gasteiger partial charge on any atom is 0.573 e. The van der Waals surface area contributed by atoms with Crippen molar-refractivity contribution >= 4 is 17.6 Å². The van der Waals surface area contributed by atoms with E-state index in [1.165, 1.54) is 31.4 Å². The molecule has 0 bridgehead atoms. The number of nitrogen functional groups attached to an aromatic ring is 1. The Labute approximate surface area is 190 Å². The van der Waals surface area contributed by atoms with E-state index in [1.807, 2.05) is 0 Å². The molecule has 1 atom stereocenters. The molecular formula is C21H21F5N4O4. The van der Waals surface area contributed by atoms with Crippen molar-refractivity contribution in [3.63, 3.8) is 0 Å². The lowest BCUT2D eigenvalue weighted by Crippen LogP contribution is -2.34. The van der Waals surface area contributed by atoms with Crippen LogP contribution in [0.15, 0.2) is 36.5 Å². The molecular weight excluding hydrogens is 467 g/mol. The van der Waals surface area contributed by atoms with Gasteiger partial charge in [0.2, 0.25) is 5.91 Å². The summed E-state index contributed by atoms with van der Waals surface area (Å²) in [6.07, 6.45) is -5.52. The molecule has 184 valence electrons. The first-order chi connectivity index (χ1) is 15.9. The number of likely N-dealkylation sites (tertiary alicyclic amines) is 1. The normalized spacial score (nSPS) is 17.5. The highest BCUT2D eigenvalue weighted by molar-refractivity contribution is 5.94. The maximum atomic E-state index is 14.5. The molecule has 2 aromatic rings. The van der Waals surface area contributed by atoms with E-state index in [1.54, 1.807) is 0 Å². The predicted molar refractivity (Wildman–Crippen MR) is 109 cm³/mol. The minimum atomic E-state index is -4.85. The Bertz CT molecular complexity index is 1050. The highest BCUT2D eigenvalue weighted by Gasteiger charge is 2.50. The Morgan fingerprint density at radius 1 is 1.26 bits per heavy atom. The first kappa shape index (κ1) is 25.1. The van der Waals surface area contributed by atoms with Crippen molar-refractivity contribution in [1.29, 1.82) is 0 Å².